The number of hydrogen-bond acceptors (Lipinski definition) is 2. The summed E-state index contributed by atoms with van der Waals surface area (Å²) in [6, 6.07) is 16.1. The number of nitrogens with zero attached hydrogens (tertiary/aromatic N) is 1. The van der Waals surface area contributed by atoms with E-state index in [9.17, 15) is 0 Å². The molecule has 94 valence electrons. The molecule has 0 aromatic heterocycles. The monoisotopic (exact) mass is 261 g/mol. The zero-order chi connectivity index (χ0) is 12.3. The summed E-state index contributed by atoms with van der Waals surface area (Å²) in [6.07, 6.45) is 0. The number of hydrogen-bond donors (Lipinski definition) is 2. The van der Waals surface area contributed by atoms with Crippen LogP contribution in [0.3, 0.4) is 0 Å². The molecule has 4 N–H and O–H groups in total. The minimum atomic E-state index is 0. The molecule has 0 saturated heterocycles. The molecule has 3 nitrogen and oxygen atoms in total. The van der Waals surface area contributed by atoms with Crippen molar-refractivity contribution in [2.45, 2.75) is 6.92 Å². The van der Waals surface area contributed by atoms with Gasteiger partial charge in [-0.05, 0) is 18.1 Å². The third-order valence-electron chi connectivity index (χ3n) is 2.70. The Balaban J connectivity index is 0.00000162. The van der Waals surface area contributed by atoms with E-state index in [4.69, 9.17) is 11.6 Å². The van der Waals surface area contributed by atoms with Gasteiger partial charge in [-0.2, -0.15) is 5.10 Å². The molecule has 0 radical (unpaired) electrons. The first-order valence-corrected chi connectivity index (χ1v) is 5.42. The van der Waals surface area contributed by atoms with Crippen molar-refractivity contribution >= 4 is 18.2 Å². The van der Waals surface area contributed by atoms with Crippen molar-refractivity contribution in [3.63, 3.8) is 0 Å². The molecule has 0 atom stereocenters. The van der Waals surface area contributed by atoms with Crippen molar-refractivity contribution < 1.29 is 0 Å². The van der Waals surface area contributed by atoms with Gasteiger partial charge in [-0.3, -0.25) is 0 Å². The first kappa shape index (κ1) is 14.1. The van der Waals surface area contributed by atoms with Gasteiger partial charge in [0.05, 0.1) is 0 Å². The second-order valence-corrected chi connectivity index (χ2v) is 3.93. The lowest BCUT2D eigenvalue weighted by molar-refractivity contribution is 1.23. The summed E-state index contributed by atoms with van der Waals surface area (Å²) in [4.78, 5) is 0. The number of hydrazone groups is 1. The molecule has 0 heterocycles. The van der Waals surface area contributed by atoms with Crippen LogP contribution in [-0.2, 0) is 0 Å². The van der Waals surface area contributed by atoms with Gasteiger partial charge in [0.1, 0.15) is 0 Å². The van der Waals surface area contributed by atoms with E-state index in [-0.39, 0.29) is 12.4 Å². The molecule has 0 unspecified atom stereocenters. The molecule has 0 aliphatic rings. The summed E-state index contributed by atoms with van der Waals surface area (Å²) in [5, 5.41) is 3.56. The van der Waals surface area contributed by atoms with Crippen molar-refractivity contribution in [3.8, 4) is 11.1 Å². The van der Waals surface area contributed by atoms with E-state index in [1.807, 2.05) is 24.3 Å². The molecule has 18 heavy (non-hydrogen) atoms. The van der Waals surface area contributed by atoms with Crippen molar-refractivity contribution in [1.82, 2.24) is 0 Å². The van der Waals surface area contributed by atoms with Crippen LogP contribution >= 0.6 is 12.4 Å². The predicted octanol–water partition coefficient (Wildman–Crippen LogP) is 2.66. The molecule has 4 heteroatoms. The fraction of sp³-hybridized carbons (Fsp3) is 0.0714. The zero-order valence-electron chi connectivity index (χ0n) is 10.1. The molecule has 2 aromatic rings. The van der Waals surface area contributed by atoms with Crippen LogP contribution in [0, 0.1) is 6.92 Å². The minimum absolute atomic E-state index is 0. The van der Waals surface area contributed by atoms with E-state index in [1.54, 1.807) is 0 Å². The smallest absolute Gasteiger partial charge is 0.150 e. The SMILES string of the molecule is Cc1ccc(-c2ccccc2/C(N)=N/N)cc1.Cl. The highest BCUT2D eigenvalue weighted by atomic mass is 35.5. The summed E-state index contributed by atoms with van der Waals surface area (Å²) in [7, 11) is 0. The number of aryl methyl sites for hydroxylation is 1. The number of amidine groups is 1. The first-order chi connectivity index (χ1) is 8.22. The molecule has 0 amide bonds. The highest BCUT2D eigenvalue weighted by Crippen LogP contribution is 2.23. The van der Waals surface area contributed by atoms with Crippen LogP contribution in [0.15, 0.2) is 53.6 Å². The third-order valence-corrected chi connectivity index (χ3v) is 2.70. The lowest BCUT2D eigenvalue weighted by Gasteiger charge is -2.08. The Labute approximate surface area is 113 Å². The quantitative estimate of drug-likeness (QED) is 0.378. The van der Waals surface area contributed by atoms with Crippen molar-refractivity contribution in [2.75, 3.05) is 0 Å². The van der Waals surface area contributed by atoms with Crippen LogP contribution < -0.4 is 11.6 Å². The Bertz CT molecular complexity index is 547. The maximum Gasteiger partial charge on any atom is 0.150 e. The number of benzene rings is 2. The summed E-state index contributed by atoms with van der Waals surface area (Å²) in [5.74, 6) is 5.59. The van der Waals surface area contributed by atoms with Crippen LogP contribution in [-0.4, -0.2) is 5.84 Å². The van der Waals surface area contributed by atoms with Gasteiger partial charge in [0.25, 0.3) is 0 Å². The molecular formula is C14H16ClN3. The Kier molecular flexibility index (Phi) is 4.75. The third kappa shape index (κ3) is 2.81. The van der Waals surface area contributed by atoms with E-state index in [2.05, 4.69) is 36.3 Å². The fourth-order valence-corrected chi connectivity index (χ4v) is 1.76. The average Bonchev–Trinajstić information content (AvgIpc) is 2.39. The maximum absolute atomic E-state index is 5.79. The largest absolute Gasteiger partial charge is 0.382 e. The molecule has 2 rings (SSSR count). The molecule has 0 spiro atoms. The predicted molar refractivity (Wildman–Crippen MR) is 78.8 cm³/mol. The highest BCUT2D eigenvalue weighted by Gasteiger charge is 2.07. The molecule has 0 aliphatic heterocycles. The van der Waals surface area contributed by atoms with E-state index in [1.165, 1.54) is 5.56 Å². The van der Waals surface area contributed by atoms with Crippen LogP contribution in [0.1, 0.15) is 11.1 Å². The first-order valence-electron chi connectivity index (χ1n) is 5.42. The standard InChI is InChI=1S/C14H15N3.ClH/c1-10-6-8-11(9-7-10)12-4-2-3-5-13(12)14(15)17-16;/h2-9H,16H2,1H3,(H2,15,17);1H. The van der Waals surface area contributed by atoms with E-state index >= 15 is 0 Å². The Morgan fingerprint density at radius 3 is 2.22 bits per heavy atom. The van der Waals surface area contributed by atoms with Crippen molar-refractivity contribution in [2.24, 2.45) is 16.7 Å². The average molecular weight is 262 g/mol. The van der Waals surface area contributed by atoms with Gasteiger partial charge in [0.2, 0.25) is 0 Å². The summed E-state index contributed by atoms with van der Waals surface area (Å²) in [5.41, 5.74) is 10.0. The lowest BCUT2D eigenvalue weighted by atomic mass is 9.98. The molecular weight excluding hydrogens is 246 g/mol. The maximum atomic E-state index is 5.79. The van der Waals surface area contributed by atoms with Crippen LogP contribution in [0.25, 0.3) is 11.1 Å². The molecule has 0 fully saturated rings. The van der Waals surface area contributed by atoms with Gasteiger partial charge >= 0.3 is 0 Å². The molecule has 0 aliphatic carbocycles. The van der Waals surface area contributed by atoms with E-state index in [0.29, 0.717) is 5.84 Å². The van der Waals surface area contributed by atoms with Crippen molar-refractivity contribution in [3.05, 3.63) is 59.7 Å². The Hall–Kier alpha value is -2.00. The van der Waals surface area contributed by atoms with Gasteiger partial charge in [-0.15, -0.1) is 12.4 Å². The van der Waals surface area contributed by atoms with Crippen molar-refractivity contribution in [1.29, 1.82) is 0 Å². The Morgan fingerprint density at radius 1 is 1.00 bits per heavy atom. The van der Waals surface area contributed by atoms with Gasteiger partial charge in [0.15, 0.2) is 5.84 Å². The topological polar surface area (TPSA) is 64.4 Å². The molecule has 0 saturated carbocycles. The summed E-state index contributed by atoms with van der Waals surface area (Å²) < 4.78 is 0. The lowest BCUT2D eigenvalue weighted by Crippen LogP contribution is -2.16. The second kappa shape index (κ2) is 6.07. The van der Waals surface area contributed by atoms with Gasteiger partial charge in [-0.1, -0.05) is 54.1 Å². The second-order valence-electron chi connectivity index (χ2n) is 3.93. The summed E-state index contributed by atoms with van der Waals surface area (Å²) in [6.45, 7) is 2.06. The molecule has 2 aromatic carbocycles. The zero-order valence-corrected chi connectivity index (χ0v) is 10.9. The summed E-state index contributed by atoms with van der Waals surface area (Å²) >= 11 is 0. The number of nitrogens with two attached hydrogens (primary N) is 2. The van der Waals surface area contributed by atoms with E-state index in [0.717, 1.165) is 16.7 Å². The Morgan fingerprint density at radius 2 is 1.61 bits per heavy atom. The molecule has 0 bridgehead atoms. The minimum Gasteiger partial charge on any atom is -0.382 e. The fourth-order valence-electron chi connectivity index (χ4n) is 1.76. The number of rotatable bonds is 2. The van der Waals surface area contributed by atoms with Crippen LogP contribution in [0.4, 0.5) is 0 Å². The van der Waals surface area contributed by atoms with Gasteiger partial charge < -0.3 is 11.6 Å². The number of halogens is 1. The van der Waals surface area contributed by atoms with Crippen LogP contribution in [0.2, 0.25) is 0 Å². The van der Waals surface area contributed by atoms with E-state index < -0.39 is 0 Å². The van der Waals surface area contributed by atoms with Gasteiger partial charge in [0, 0.05) is 5.56 Å². The normalized spacial score (nSPS) is 10.8. The van der Waals surface area contributed by atoms with Gasteiger partial charge in [-0.25, -0.2) is 0 Å². The highest BCUT2D eigenvalue weighted by molar-refractivity contribution is 6.03. The van der Waals surface area contributed by atoms with Crippen LogP contribution in [0.5, 0.6) is 0 Å².